The molecule has 0 N–H and O–H groups in total. The molecule has 23 heavy (non-hydrogen) atoms. The van der Waals surface area contributed by atoms with Crippen molar-refractivity contribution >= 4 is 5.91 Å². The highest BCUT2D eigenvalue weighted by atomic mass is 16.5. The number of likely N-dealkylation sites (tertiary alicyclic amines) is 1. The maximum absolute atomic E-state index is 13.0. The lowest BCUT2D eigenvalue weighted by atomic mass is 9.82. The first kappa shape index (κ1) is 16.5. The Morgan fingerprint density at radius 1 is 1.30 bits per heavy atom. The van der Waals surface area contributed by atoms with Crippen molar-refractivity contribution in [3.05, 3.63) is 18.0 Å². The lowest BCUT2D eigenvalue weighted by molar-refractivity contribution is -0.138. The highest BCUT2D eigenvalue weighted by Crippen LogP contribution is 2.33. The Labute approximate surface area is 139 Å². The van der Waals surface area contributed by atoms with Crippen LogP contribution in [-0.2, 0) is 23.0 Å². The van der Waals surface area contributed by atoms with Crippen molar-refractivity contribution < 1.29 is 9.53 Å². The number of aromatic nitrogens is 2. The van der Waals surface area contributed by atoms with E-state index in [-0.39, 0.29) is 18.1 Å². The summed E-state index contributed by atoms with van der Waals surface area (Å²) in [4.78, 5) is 15.1. The summed E-state index contributed by atoms with van der Waals surface area (Å²) in [5.41, 5.74) is 1.18. The maximum Gasteiger partial charge on any atom is 0.226 e. The summed E-state index contributed by atoms with van der Waals surface area (Å²) in [6, 6.07) is 0.149. The summed E-state index contributed by atoms with van der Waals surface area (Å²) in [5.74, 6) is 1.35. The van der Waals surface area contributed by atoms with Crippen molar-refractivity contribution in [3.63, 3.8) is 0 Å². The fourth-order valence-electron chi connectivity index (χ4n) is 4.18. The molecule has 128 valence electrons. The van der Waals surface area contributed by atoms with Gasteiger partial charge in [0.05, 0.1) is 18.3 Å². The van der Waals surface area contributed by atoms with E-state index < -0.39 is 0 Å². The van der Waals surface area contributed by atoms with Crippen LogP contribution < -0.4 is 0 Å². The quantitative estimate of drug-likeness (QED) is 0.856. The molecule has 2 fully saturated rings. The second-order valence-electron chi connectivity index (χ2n) is 7.34. The topological polar surface area (TPSA) is 47.4 Å². The summed E-state index contributed by atoms with van der Waals surface area (Å²) >= 11 is 0. The fourth-order valence-corrected chi connectivity index (χ4v) is 4.18. The average molecular weight is 319 g/mol. The second kappa shape index (κ2) is 7.04. The largest absolute Gasteiger partial charge is 0.379 e. The molecule has 1 aromatic heterocycles. The van der Waals surface area contributed by atoms with Crippen LogP contribution >= 0.6 is 0 Å². The van der Waals surface area contributed by atoms with Gasteiger partial charge in [0.2, 0.25) is 5.91 Å². The third kappa shape index (κ3) is 3.60. The highest BCUT2D eigenvalue weighted by Gasteiger charge is 2.40. The maximum atomic E-state index is 13.0. The lowest BCUT2D eigenvalue weighted by Gasteiger charge is -2.33. The summed E-state index contributed by atoms with van der Waals surface area (Å²) in [5, 5.41) is 4.25. The summed E-state index contributed by atoms with van der Waals surface area (Å²) in [6.45, 7) is 3.12. The van der Waals surface area contributed by atoms with Crippen molar-refractivity contribution in [1.82, 2.24) is 14.7 Å². The van der Waals surface area contributed by atoms with Crippen LogP contribution in [0, 0.1) is 11.8 Å². The smallest absolute Gasteiger partial charge is 0.226 e. The van der Waals surface area contributed by atoms with Crippen molar-refractivity contribution in [2.75, 3.05) is 13.7 Å². The number of hydrogen-bond acceptors (Lipinski definition) is 3. The molecule has 1 amide bonds. The first-order chi connectivity index (χ1) is 11.1. The molecule has 2 aliphatic rings. The number of carbonyl (C=O) groups excluding carboxylic acids is 1. The van der Waals surface area contributed by atoms with E-state index in [0.29, 0.717) is 5.91 Å². The second-order valence-corrected chi connectivity index (χ2v) is 7.34. The zero-order valence-corrected chi connectivity index (χ0v) is 14.6. The van der Waals surface area contributed by atoms with Gasteiger partial charge in [0.15, 0.2) is 0 Å². The zero-order valence-electron chi connectivity index (χ0n) is 14.6. The Morgan fingerprint density at radius 3 is 2.65 bits per heavy atom. The molecular weight excluding hydrogens is 290 g/mol. The van der Waals surface area contributed by atoms with Crippen LogP contribution in [0.1, 0.15) is 44.6 Å². The summed E-state index contributed by atoms with van der Waals surface area (Å²) in [7, 11) is 3.69. The van der Waals surface area contributed by atoms with Gasteiger partial charge in [-0.2, -0.15) is 5.10 Å². The van der Waals surface area contributed by atoms with Gasteiger partial charge >= 0.3 is 0 Å². The van der Waals surface area contributed by atoms with Crippen LogP contribution in [0.4, 0.5) is 0 Å². The molecule has 2 atom stereocenters. The van der Waals surface area contributed by atoms with E-state index in [2.05, 4.69) is 16.9 Å². The number of methoxy groups -OCH3 is 1. The van der Waals surface area contributed by atoms with E-state index >= 15 is 0 Å². The van der Waals surface area contributed by atoms with Crippen LogP contribution in [-0.4, -0.2) is 46.4 Å². The minimum atomic E-state index is 0.140. The van der Waals surface area contributed by atoms with Gasteiger partial charge in [0, 0.05) is 32.8 Å². The number of hydrogen-bond donors (Lipinski definition) is 0. The van der Waals surface area contributed by atoms with Crippen molar-refractivity contribution in [2.45, 2.75) is 57.6 Å². The first-order valence-corrected chi connectivity index (χ1v) is 8.89. The normalized spacial score (nSPS) is 31.5. The van der Waals surface area contributed by atoms with Crippen LogP contribution in [0.2, 0.25) is 0 Å². The Morgan fingerprint density at radius 2 is 2.04 bits per heavy atom. The molecule has 0 unspecified atom stereocenters. The van der Waals surface area contributed by atoms with Crippen molar-refractivity contribution in [1.29, 1.82) is 0 Å². The van der Waals surface area contributed by atoms with Gasteiger partial charge in [0.1, 0.15) is 0 Å². The van der Waals surface area contributed by atoms with Gasteiger partial charge in [0.25, 0.3) is 0 Å². The van der Waals surface area contributed by atoms with Gasteiger partial charge < -0.3 is 9.64 Å². The highest BCUT2D eigenvalue weighted by molar-refractivity contribution is 5.79. The fraction of sp³-hybridized carbons (Fsp3) is 0.778. The molecule has 1 saturated carbocycles. The predicted octanol–water partition coefficient (Wildman–Crippen LogP) is 2.40. The van der Waals surface area contributed by atoms with E-state index in [1.807, 2.05) is 24.1 Å². The molecule has 3 rings (SSSR count). The van der Waals surface area contributed by atoms with Gasteiger partial charge in [-0.1, -0.05) is 6.92 Å². The number of nitrogens with zero attached hydrogens (tertiary/aromatic N) is 3. The molecule has 1 saturated heterocycles. The molecule has 1 aliphatic carbocycles. The number of rotatable bonds is 4. The molecule has 0 aromatic carbocycles. The molecule has 0 spiro atoms. The van der Waals surface area contributed by atoms with Gasteiger partial charge in [-0.05, 0) is 50.0 Å². The Hall–Kier alpha value is -1.36. The van der Waals surface area contributed by atoms with Crippen LogP contribution in [0.5, 0.6) is 0 Å². The molecule has 1 aromatic rings. The van der Waals surface area contributed by atoms with Crippen LogP contribution in [0.25, 0.3) is 0 Å². The SMILES string of the molecule is CO[C@H]1CCN(C(=O)C2CCC(C)CC2)[C@H]1Cc1cnn(C)c1. The lowest BCUT2D eigenvalue weighted by Crippen LogP contribution is -2.45. The van der Waals surface area contributed by atoms with Crippen LogP contribution in [0.15, 0.2) is 12.4 Å². The van der Waals surface area contributed by atoms with Crippen molar-refractivity contribution in [3.8, 4) is 0 Å². The van der Waals surface area contributed by atoms with Gasteiger partial charge in [-0.25, -0.2) is 0 Å². The number of ether oxygens (including phenoxy) is 1. The standard InChI is InChI=1S/C18H29N3O2/c1-13-4-6-15(7-5-13)18(22)21-9-8-17(23-3)16(21)10-14-11-19-20(2)12-14/h11-13,15-17H,4-10H2,1-3H3/t13?,15?,16-,17-/m0/s1. The Kier molecular flexibility index (Phi) is 5.05. The third-order valence-corrected chi connectivity index (χ3v) is 5.64. The van der Waals surface area contributed by atoms with E-state index in [1.165, 1.54) is 18.4 Å². The summed E-state index contributed by atoms with van der Waals surface area (Å²) in [6.07, 6.45) is 10.3. The minimum absolute atomic E-state index is 0.140. The zero-order chi connectivity index (χ0) is 16.4. The van der Waals surface area contributed by atoms with E-state index in [4.69, 9.17) is 4.74 Å². The number of carbonyl (C=O) groups is 1. The molecule has 0 bridgehead atoms. The third-order valence-electron chi connectivity index (χ3n) is 5.64. The molecule has 2 heterocycles. The van der Waals surface area contributed by atoms with Gasteiger partial charge in [-0.3, -0.25) is 9.48 Å². The Balaban J connectivity index is 1.70. The summed E-state index contributed by atoms with van der Waals surface area (Å²) < 4.78 is 7.49. The molecule has 5 nitrogen and oxygen atoms in total. The molecular formula is C18H29N3O2. The monoisotopic (exact) mass is 319 g/mol. The van der Waals surface area contributed by atoms with Crippen molar-refractivity contribution in [2.24, 2.45) is 18.9 Å². The predicted molar refractivity (Wildman–Crippen MR) is 88.9 cm³/mol. The molecule has 1 aliphatic heterocycles. The van der Waals surface area contributed by atoms with E-state index in [1.54, 1.807) is 7.11 Å². The van der Waals surface area contributed by atoms with E-state index in [9.17, 15) is 4.79 Å². The number of amides is 1. The number of aryl methyl sites for hydroxylation is 1. The van der Waals surface area contributed by atoms with E-state index in [0.717, 1.165) is 38.1 Å². The minimum Gasteiger partial charge on any atom is -0.379 e. The molecule has 0 radical (unpaired) electrons. The van der Waals surface area contributed by atoms with Gasteiger partial charge in [-0.15, -0.1) is 0 Å². The molecule has 5 heteroatoms. The van der Waals surface area contributed by atoms with Crippen LogP contribution in [0.3, 0.4) is 0 Å². The average Bonchev–Trinajstić information content (AvgIpc) is 3.14. The Bertz CT molecular complexity index is 534. The first-order valence-electron chi connectivity index (χ1n) is 8.89.